The number of aliphatic hydroxyl groups is 1. The SMILES string of the molecule is CC1CCCC1NC(=O)c1ccc(C#CCCO)c(F)c1. The van der Waals surface area contributed by atoms with Crippen molar-refractivity contribution in [1.29, 1.82) is 0 Å². The summed E-state index contributed by atoms with van der Waals surface area (Å²) in [5, 5.41) is 11.6. The van der Waals surface area contributed by atoms with Gasteiger partial charge in [-0.1, -0.05) is 25.2 Å². The Hall–Kier alpha value is -1.86. The van der Waals surface area contributed by atoms with Gasteiger partial charge >= 0.3 is 0 Å². The minimum absolute atomic E-state index is 0.0469. The van der Waals surface area contributed by atoms with E-state index in [1.165, 1.54) is 12.1 Å². The van der Waals surface area contributed by atoms with Crippen molar-refractivity contribution in [1.82, 2.24) is 5.32 Å². The van der Waals surface area contributed by atoms with Crippen molar-refractivity contribution >= 4 is 5.91 Å². The molecule has 2 atom stereocenters. The molecule has 2 unspecified atom stereocenters. The lowest BCUT2D eigenvalue weighted by Crippen LogP contribution is -2.36. The molecule has 2 rings (SSSR count). The monoisotopic (exact) mass is 289 g/mol. The fraction of sp³-hybridized carbons (Fsp3) is 0.471. The van der Waals surface area contributed by atoms with Crippen molar-refractivity contribution in [2.45, 2.75) is 38.6 Å². The smallest absolute Gasteiger partial charge is 0.251 e. The Kier molecular flexibility index (Phi) is 5.35. The number of hydrogen-bond acceptors (Lipinski definition) is 2. The first-order chi connectivity index (χ1) is 10.1. The van der Waals surface area contributed by atoms with Crippen LogP contribution in [0.4, 0.5) is 4.39 Å². The van der Waals surface area contributed by atoms with E-state index in [2.05, 4.69) is 24.1 Å². The molecule has 4 heteroatoms. The van der Waals surface area contributed by atoms with E-state index < -0.39 is 5.82 Å². The first-order valence-electron chi connectivity index (χ1n) is 7.32. The second kappa shape index (κ2) is 7.24. The molecule has 1 saturated carbocycles. The number of carbonyl (C=O) groups excluding carboxylic acids is 1. The molecule has 1 aliphatic carbocycles. The van der Waals surface area contributed by atoms with Crippen molar-refractivity contribution in [3.8, 4) is 11.8 Å². The molecule has 1 amide bonds. The zero-order valence-electron chi connectivity index (χ0n) is 12.2. The predicted octanol–water partition coefficient (Wildman–Crippen LogP) is 2.48. The van der Waals surface area contributed by atoms with Gasteiger partial charge in [0.05, 0.1) is 12.2 Å². The lowest BCUT2D eigenvalue weighted by atomic mass is 10.1. The molecule has 0 spiro atoms. The molecule has 3 nitrogen and oxygen atoms in total. The Balaban J connectivity index is 2.05. The van der Waals surface area contributed by atoms with E-state index in [1.54, 1.807) is 6.07 Å². The predicted molar refractivity (Wildman–Crippen MR) is 79.3 cm³/mol. The Morgan fingerprint density at radius 1 is 1.48 bits per heavy atom. The molecule has 21 heavy (non-hydrogen) atoms. The molecule has 0 aliphatic heterocycles. The number of carbonyl (C=O) groups is 1. The fourth-order valence-electron chi connectivity index (χ4n) is 2.58. The van der Waals surface area contributed by atoms with Gasteiger partial charge in [0.1, 0.15) is 5.82 Å². The quantitative estimate of drug-likeness (QED) is 0.840. The number of benzene rings is 1. The third-order valence-corrected chi connectivity index (χ3v) is 3.87. The number of nitrogens with one attached hydrogen (secondary N) is 1. The third-order valence-electron chi connectivity index (χ3n) is 3.87. The summed E-state index contributed by atoms with van der Waals surface area (Å²) in [6.45, 7) is 2.08. The summed E-state index contributed by atoms with van der Waals surface area (Å²) in [5.41, 5.74) is 0.563. The van der Waals surface area contributed by atoms with Crippen molar-refractivity contribution in [3.63, 3.8) is 0 Å². The standard InChI is InChI=1S/C17H20FNO2/c1-12-5-4-7-16(12)19-17(21)14-9-8-13(15(18)11-14)6-2-3-10-20/h8-9,11-12,16,20H,3-5,7,10H2,1H3,(H,19,21). The van der Waals surface area contributed by atoms with E-state index >= 15 is 0 Å². The normalized spacial score (nSPS) is 20.7. The highest BCUT2D eigenvalue weighted by Gasteiger charge is 2.25. The first-order valence-corrected chi connectivity index (χ1v) is 7.32. The largest absolute Gasteiger partial charge is 0.395 e. The molecule has 1 aromatic carbocycles. The van der Waals surface area contributed by atoms with Gasteiger partial charge in [0.25, 0.3) is 5.91 Å². The molecule has 0 aromatic heterocycles. The molecular weight excluding hydrogens is 269 g/mol. The summed E-state index contributed by atoms with van der Waals surface area (Å²) in [5.74, 6) is 5.04. The Morgan fingerprint density at radius 2 is 2.29 bits per heavy atom. The van der Waals surface area contributed by atoms with E-state index in [0.29, 0.717) is 17.9 Å². The van der Waals surface area contributed by atoms with Crippen LogP contribution in [0.3, 0.4) is 0 Å². The van der Waals surface area contributed by atoms with Crippen LogP contribution in [0, 0.1) is 23.6 Å². The van der Waals surface area contributed by atoms with Crippen LogP contribution >= 0.6 is 0 Å². The van der Waals surface area contributed by atoms with Crippen LogP contribution in [0.15, 0.2) is 18.2 Å². The summed E-state index contributed by atoms with van der Waals surface area (Å²) in [6.07, 6.45) is 3.54. The first kappa shape index (κ1) is 15.5. The average Bonchev–Trinajstić information content (AvgIpc) is 2.86. The van der Waals surface area contributed by atoms with Crippen molar-refractivity contribution in [2.24, 2.45) is 5.92 Å². The van der Waals surface area contributed by atoms with Gasteiger partial charge in [-0.2, -0.15) is 0 Å². The van der Waals surface area contributed by atoms with Gasteiger partial charge in [-0.15, -0.1) is 0 Å². The number of rotatable bonds is 3. The minimum atomic E-state index is -0.507. The molecule has 1 aromatic rings. The summed E-state index contributed by atoms with van der Waals surface area (Å²) >= 11 is 0. The highest BCUT2D eigenvalue weighted by atomic mass is 19.1. The fourth-order valence-corrected chi connectivity index (χ4v) is 2.58. The molecule has 0 bridgehead atoms. The summed E-state index contributed by atoms with van der Waals surface area (Å²) in [6, 6.07) is 4.50. The second-order valence-electron chi connectivity index (χ2n) is 5.46. The van der Waals surface area contributed by atoms with E-state index in [4.69, 9.17) is 5.11 Å². The van der Waals surface area contributed by atoms with Crippen LogP contribution in [-0.2, 0) is 0 Å². The molecule has 1 fully saturated rings. The topological polar surface area (TPSA) is 49.3 Å². The molecule has 1 aliphatic rings. The molecule has 0 heterocycles. The summed E-state index contributed by atoms with van der Waals surface area (Å²) < 4.78 is 13.9. The third kappa shape index (κ3) is 4.05. The lowest BCUT2D eigenvalue weighted by molar-refractivity contribution is 0.0929. The van der Waals surface area contributed by atoms with Gasteiger partial charge in [0.2, 0.25) is 0 Å². The average molecular weight is 289 g/mol. The van der Waals surface area contributed by atoms with E-state index in [0.717, 1.165) is 19.3 Å². The summed E-state index contributed by atoms with van der Waals surface area (Å²) in [7, 11) is 0. The van der Waals surface area contributed by atoms with Gasteiger partial charge in [0, 0.05) is 18.0 Å². The van der Waals surface area contributed by atoms with Crippen molar-refractivity contribution < 1.29 is 14.3 Å². The maximum Gasteiger partial charge on any atom is 0.251 e. The lowest BCUT2D eigenvalue weighted by Gasteiger charge is -2.17. The minimum Gasteiger partial charge on any atom is -0.395 e. The Morgan fingerprint density at radius 3 is 2.90 bits per heavy atom. The number of halogens is 1. The summed E-state index contributed by atoms with van der Waals surface area (Å²) in [4.78, 5) is 12.1. The van der Waals surface area contributed by atoms with E-state index in [9.17, 15) is 9.18 Å². The van der Waals surface area contributed by atoms with Gasteiger partial charge in [-0.25, -0.2) is 4.39 Å². The maximum atomic E-state index is 13.9. The Bertz CT molecular complexity index is 574. The van der Waals surface area contributed by atoms with Gasteiger partial charge in [-0.05, 0) is 37.0 Å². The van der Waals surface area contributed by atoms with Crippen LogP contribution in [0.5, 0.6) is 0 Å². The van der Waals surface area contributed by atoms with Crippen LogP contribution in [0.2, 0.25) is 0 Å². The van der Waals surface area contributed by atoms with Crippen LogP contribution in [0.1, 0.15) is 48.5 Å². The highest BCUT2D eigenvalue weighted by molar-refractivity contribution is 5.94. The van der Waals surface area contributed by atoms with E-state index in [-0.39, 0.29) is 24.1 Å². The molecule has 2 N–H and O–H groups in total. The maximum absolute atomic E-state index is 13.9. The van der Waals surface area contributed by atoms with Gasteiger partial charge in [0.15, 0.2) is 0 Å². The van der Waals surface area contributed by atoms with Crippen LogP contribution < -0.4 is 5.32 Å². The van der Waals surface area contributed by atoms with Gasteiger partial charge < -0.3 is 10.4 Å². The zero-order valence-corrected chi connectivity index (χ0v) is 12.2. The van der Waals surface area contributed by atoms with Crippen molar-refractivity contribution in [3.05, 3.63) is 35.1 Å². The molecule has 0 saturated heterocycles. The molecular formula is C17H20FNO2. The highest BCUT2D eigenvalue weighted by Crippen LogP contribution is 2.25. The van der Waals surface area contributed by atoms with Crippen LogP contribution in [0.25, 0.3) is 0 Å². The molecule has 112 valence electrons. The van der Waals surface area contributed by atoms with Crippen molar-refractivity contribution in [2.75, 3.05) is 6.61 Å². The number of aliphatic hydroxyl groups excluding tert-OH is 1. The van der Waals surface area contributed by atoms with Crippen LogP contribution in [-0.4, -0.2) is 23.7 Å². The zero-order chi connectivity index (χ0) is 15.2. The number of amides is 1. The molecule has 0 radical (unpaired) electrons. The van der Waals surface area contributed by atoms with Gasteiger partial charge in [-0.3, -0.25) is 4.79 Å². The Labute approximate surface area is 124 Å². The second-order valence-corrected chi connectivity index (χ2v) is 5.46. The van der Waals surface area contributed by atoms with E-state index in [1.807, 2.05) is 0 Å². The number of hydrogen-bond donors (Lipinski definition) is 2.